The Labute approximate surface area is 149 Å². The summed E-state index contributed by atoms with van der Waals surface area (Å²) >= 11 is 0. The van der Waals surface area contributed by atoms with Gasteiger partial charge >= 0.3 is 0 Å². The molecule has 138 valence electrons. The van der Waals surface area contributed by atoms with Crippen molar-refractivity contribution in [3.63, 3.8) is 0 Å². The number of phenols is 1. The quantitative estimate of drug-likeness (QED) is 0.529. The van der Waals surface area contributed by atoms with Crippen LogP contribution in [0, 0.1) is 0 Å². The molecule has 1 fully saturated rings. The largest absolute Gasteiger partial charge is 0.506 e. The van der Waals surface area contributed by atoms with Crippen LogP contribution in [0.15, 0.2) is 29.3 Å². The Morgan fingerprint density at radius 2 is 1.88 bits per heavy atom. The van der Waals surface area contributed by atoms with Gasteiger partial charge in [0.05, 0.1) is 5.69 Å². The van der Waals surface area contributed by atoms with E-state index in [-0.39, 0.29) is 12.5 Å². The zero-order chi connectivity index (χ0) is 18.1. The number of aromatic hydroxyl groups is 1. The minimum Gasteiger partial charge on any atom is -0.506 e. The summed E-state index contributed by atoms with van der Waals surface area (Å²) in [6.07, 6.45) is 0.920. The van der Waals surface area contributed by atoms with Crippen LogP contribution < -0.4 is 15.5 Å². The number of carbonyl (C=O) groups is 1. The Morgan fingerprint density at radius 3 is 2.52 bits per heavy atom. The third-order valence-corrected chi connectivity index (χ3v) is 4.08. The summed E-state index contributed by atoms with van der Waals surface area (Å²) in [6.45, 7) is 8.80. The van der Waals surface area contributed by atoms with Crippen LogP contribution in [0.2, 0.25) is 0 Å². The van der Waals surface area contributed by atoms with Crippen molar-refractivity contribution in [3.05, 3.63) is 24.3 Å². The molecule has 0 unspecified atom stereocenters. The van der Waals surface area contributed by atoms with E-state index in [1.54, 1.807) is 6.07 Å². The number of hydrogen-bond acceptors (Lipinski definition) is 4. The standard InChI is InChI=1S/C18H29N5O2/c1-3-9-20-17(25)14-21-18(19-4-2)23-12-10-22(11-13-23)15-7-5-6-8-16(15)24/h5-8,24H,3-4,9-14H2,1-2H3,(H,19,21)(H,20,25). The maximum Gasteiger partial charge on any atom is 0.241 e. The fraction of sp³-hybridized carbons (Fsp3) is 0.556. The number of aliphatic imine (C=N–C) groups is 1. The molecule has 0 atom stereocenters. The maximum absolute atomic E-state index is 11.8. The first-order chi connectivity index (χ1) is 12.2. The highest BCUT2D eigenvalue weighted by Gasteiger charge is 2.21. The zero-order valence-corrected chi connectivity index (χ0v) is 15.2. The van der Waals surface area contributed by atoms with E-state index < -0.39 is 0 Å². The molecular formula is C18H29N5O2. The number of nitrogens with zero attached hydrogens (tertiary/aromatic N) is 3. The summed E-state index contributed by atoms with van der Waals surface area (Å²) in [5, 5.41) is 16.1. The lowest BCUT2D eigenvalue weighted by Crippen LogP contribution is -2.52. The summed E-state index contributed by atoms with van der Waals surface area (Å²) in [4.78, 5) is 20.6. The average molecular weight is 347 g/mol. The second kappa shape index (κ2) is 9.76. The summed E-state index contributed by atoms with van der Waals surface area (Å²) in [5.74, 6) is 1.03. The minimum atomic E-state index is -0.0508. The van der Waals surface area contributed by atoms with E-state index in [1.165, 1.54) is 0 Å². The van der Waals surface area contributed by atoms with Gasteiger partial charge in [-0.3, -0.25) is 4.79 Å². The molecule has 1 aliphatic rings. The monoisotopic (exact) mass is 347 g/mol. The Bertz CT molecular complexity index is 583. The van der Waals surface area contributed by atoms with E-state index in [4.69, 9.17) is 0 Å². The summed E-state index contributed by atoms with van der Waals surface area (Å²) in [6, 6.07) is 7.40. The van der Waals surface area contributed by atoms with E-state index >= 15 is 0 Å². The van der Waals surface area contributed by atoms with Crippen LogP contribution in [-0.4, -0.2) is 67.7 Å². The molecule has 7 nitrogen and oxygen atoms in total. The molecule has 2 rings (SSSR count). The number of benzene rings is 1. The Hall–Kier alpha value is -2.44. The molecule has 25 heavy (non-hydrogen) atoms. The fourth-order valence-corrected chi connectivity index (χ4v) is 2.78. The molecule has 1 aliphatic heterocycles. The molecule has 1 saturated heterocycles. The predicted octanol–water partition coefficient (Wildman–Crippen LogP) is 1.01. The number of anilines is 1. The second-order valence-corrected chi connectivity index (χ2v) is 5.98. The van der Waals surface area contributed by atoms with Crippen LogP contribution in [-0.2, 0) is 4.79 Å². The van der Waals surface area contributed by atoms with Crippen molar-refractivity contribution in [2.24, 2.45) is 4.99 Å². The molecule has 1 amide bonds. The second-order valence-electron chi connectivity index (χ2n) is 5.98. The molecule has 0 saturated carbocycles. The topological polar surface area (TPSA) is 80.2 Å². The zero-order valence-electron chi connectivity index (χ0n) is 15.2. The van der Waals surface area contributed by atoms with Crippen molar-refractivity contribution < 1.29 is 9.90 Å². The number of rotatable bonds is 6. The molecule has 0 radical (unpaired) electrons. The number of piperazine rings is 1. The van der Waals surface area contributed by atoms with E-state index in [2.05, 4.69) is 25.4 Å². The van der Waals surface area contributed by atoms with Crippen molar-refractivity contribution in [1.29, 1.82) is 0 Å². The van der Waals surface area contributed by atoms with Gasteiger partial charge in [0.15, 0.2) is 5.96 Å². The first-order valence-electron chi connectivity index (χ1n) is 8.98. The van der Waals surface area contributed by atoms with Crippen molar-refractivity contribution >= 4 is 17.6 Å². The predicted molar refractivity (Wildman–Crippen MR) is 101 cm³/mol. The SMILES string of the molecule is CCCNC(=O)CN=C(NCC)N1CCN(c2ccccc2O)CC1. The number of para-hydroxylation sites is 2. The number of phenolic OH excluding ortho intramolecular Hbond substituents is 1. The maximum atomic E-state index is 11.8. The highest BCUT2D eigenvalue weighted by Crippen LogP contribution is 2.27. The van der Waals surface area contributed by atoms with Crippen LogP contribution >= 0.6 is 0 Å². The lowest BCUT2D eigenvalue weighted by molar-refractivity contribution is -0.119. The summed E-state index contributed by atoms with van der Waals surface area (Å²) in [5.41, 5.74) is 0.864. The molecule has 1 aromatic carbocycles. The first-order valence-corrected chi connectivity index (χ1v) is 8.98. The Kier molecular flexibility index (Phi) is 7.37. The highest BCUT2D eigenvalue weighted by atomic mass is 16.3. The van der Waals surface area contributed by atoms with Gasteiger partial charge in [-0.25, -0.2) is 4.99 Å². The Morgan fingerprint density at radius 1 is 1.16 bits per heavy atom. The van der Waals surface area contributed by atoms with Crippen LogP contribution in [0.3, 0.4) is 0 Å². The summed E-state index contributed by atoms with van der Waals surface area (Å²) < 4.78 is 0. The van der Waals surface area contributed by atoms with E-state index in [0.29, 0.717) is 12.3 Å². The van der Waals surface area contributed by atoms with Gasteiger partial charge in [-0.05, 0) is 25.5 Å². The number of guanidine groups is 1. The van der Waals surface area contributed by atoms with Gasteiger partial charge in [0, 0.05) is 39.3 Å². The first kappa shape index (κ1) is 18.9. The van der Waals surface area contributed by atoms with E-state index in [0.717, 1.165) is 50.8 Å². The molecule has 3 N–H and O–H groups in total. The highest BCUT2D eigenvalue weighted by molar-refractivity contribution is 5.85. The van der Waals surface area contributed by atoms with E-state index in [9.17, 15) is 9.90 Å². The molecule has 1 heterocycles. The van der Waals surface area contributed by atoms with Gasteiger partial charge in [0.2, 0.25) is 5.91 Å². The molecule has 0 bridgehead atoms. The molecule has 7 heteroatoms. The number of hydrogen-bond donors (Lipinski definition) is 3. The van der Waals surface area contributed by atoms with Gasteiger partial charge in [-0.2, -0.15) is 0 Å². The van der Waals surface area contributed by atoms with Crippen molar-refractivity contribution in [3.8, 4) is 5.75 Å². The third kappa shape index (κ3) is 5.55. The van der Waals surface area contributed by atoms with Crippen LogP contribution in [0.5, 0.6) is 5.75 Å². The molecule has 0 aliphatic carbocycles. The van der Waals surface area contributed by atoms with Gasteiger partial charge in [0.25, 0.3) is 0 Å². The van der Waals surface area contributed by atoms with Crippen molar-refractivity contribution in [2.45, 2.75) is 20.3 Å². The number of amides is 1. The van der Waals surface area contributed by atoms with Crippen molar-refractivity contribution in [2.75, 3.05) is 50.7 Å². The molecule has 0 spiro atoms. The fourth-order valence-electron chi connectivity index (χ4n) is 2.78. The lowest BCUT2D eigenvalue weighted by atomic mass is 10.2. The Balaban J connectivity index is 1.93. The van der Waals surface area contributed by atoms with Gasteiger partial charge in [-0.15, -0.1) is 0 Å². The van der Waals surface area contributed by atoms with Gasteiger partial charge < -0.3 is 25.5 Å². The molecular weight excluding hydrogens is 318 g/mol. The minimum absolute atomic E-state index is 0.0508. The third-order valence-electron chi connectivity index (χ3n) is 4.08. The lowest BCUT2D eigenvalue weighted by Gasteiger charge is -2.37. The van der Waals surface area contributed by atoms with Crippen LogP contribution in [0.1, 0.15) is 20.3 Å². The van der Waals surface area contributed by atoms with Gasteiger partial charge in [-0.1, -0.05) is 19.1 Å². The number of carbonyl (C=O) groups excluding carboxylic acids is 1. The summed E-state index contributed by atoms with van der Waals surface area (Å²) in [7, 11) is 0. The molecule has 1 aromatic rings. The number of nitrogens with one attached hydrogen (secondary N) is 2. The van der Waals surface area contributed by atoms with Crippen LogP contribution in [0.4, 0.5) is 5.69 Å². The van der Waals surface area contributed by atoms with Crippen molar-refractivity contribution in [1.82, 2.24) is 15.5 Å². The smallest absolute Gasteiger partial charge is 0.241 e. The van der Waals surface area contributed by atoms with E-state index in [1.807, 2.05) is 32.0 Å². The average Bonchev–Trinajstić information content (AvgIpc) is 2.64. The van der Waals surface area contributed by atoms with Crippen LogP contribution in [0.25, 0.3) is 0 Å². The van der Waals surface area contributed by atoms with Gasteiger partial charge in [0.1, 0.15) is 12.3 Å². The molecule has 0 aromatic heterocycles. The normalized spacial score (nSPS) is 15.2.